The highest BCUT2D eigenvalue weighted by atomic mass is 16.5. The Bertz CT molecular complexity index is 833. The zero-order valence-corrected chi connectivity index (χ0v) is 17.7. The highest BCUT2D eigenvalue weighted by Crippen LogP contribution is 2.25. The number of carbonyl (C=O) groups excluding carboxylic acids is 2. The molecule has 0 bridgehead atoms. The molecule has 0 radical (unpaired) electrons. The van der Waals surface area contributed by atoms with Crippen LogP contribution in [0.25, 0.3) is 0 Å². The molecule has 2 aromatic carbocycles. The molecule has 1 aliphatic heterocycles. The zero-order valence-electron chi connectivity index (χ0n) is 17.7. The number of unbranched alkanes of at least 4 members (excludes halogenated alkanes) is 3. The van der Waals surface area contributed by atoms with Gasteiger partial charge in [0, 0.05) is 6.54 Å². The normalized spacial score (nSPS) is 16.2. The van der Waals surface area contributed by atoms with Crippen molar-refractivity contribution in [1.29, 1.82) is 0 Å². The average Bonchev–Trinajstić information content (AvgIpc) is 3.06. The number of carbonyl (C=O) groups is 2. The summed E-state index contributed by atoms with van der Waals surface area (Å²) in [5.74, 6) is 1.12. The third-order valence-corrected chi connectivity index (χ3v) is 5.22. The number of hydrogen-bond donors (Lipinski definition) is 1. The topological polar surface area (TPSA) is 67.9 Å². The molecule has 30 heavy (non-hydrogen) atoms. The minimum atomic E-state index is -0.519. The van der Waals surface area contributed by atoms with E-state index in [4.69, 9.17) is 9.47 Å². The van der Waals surface area contributed by atoms with Gasteiger partial charge in [-0.3, -0.25) is 9.59 Å². The van der Waals surface area contributed by atoms with Crippen molar-refractivity contribution < 1.29 is 19.1 Å². The van der Waals surface area contributed by atoms with E-state index in [1.54, 1.807) is 19.2 Å². The smallest absolute Gasteiger partial charge is 0.251 e. The van der Waals surface area contributed by atoms with Crippen LogP contribution in [0.1, 0.15) is 44.6 Å². The monoisotopic (exact) mass is 410 g/mol. The molecule has 160 valence electrons. The molecule has 1 saturated heterocycles. The Morgan fingerprint density at radius 2 is 1.67 bits per heavy atom. The molecule has 1 fully saturated rings. The van der Waals surface area contributed by atoms with Gasteiger partial charge in [-0.05, 0) is 48.4 Å². The molecule has 1 atom stereocenters. The van der Waals surface area contributed by atoms with Crippen molar-refractivity contribution in [2.24, 2.45) is 0 Å². The van der Waals surface area contributed by atoms with Crippen molar-refractivity contribution in [1.82, 2.24) is 5.32 Å². The predicted octanol–water partition coefficient (Wildman–Crippen LogP) is 4.08. The van der Waals surface area contributed by atoms with E-state index >= 15 is 0 Å². The summed E-state index contributed by atoms with van der Waals surface area (Å²) in [6.07, 6.45) is 4.76. The lowest BCUT2D eigenvalue weighted by Gasteiger charge is -2.16. The minimum absolute atomic E-state index is 0.157. The Hall–Kier alpha value is -2.86. The van der Waals surface area contributed by atoms with Crippen LogP contribution in [-0.4, -0.2) is 31.6 Å². The van der Waals surface area contributed by atoms with Crippen molar-refractivity contribution in [3.8, 4) is 11.5 Å². The maximum Gasteiger partial charge on any atom is 0.251 e. The van der Waals surface area contributed by atoms with Crippen molar-refractivity contribution in [3.05, 3.63) is 54.1 Å². The number of rotatable bonds is 11. The lowest BCUT2D eigenvalue weighted by atomic mass is 10.2. The number of nitrogens with zero attached hydrogens (tertiary/aromatic N) is 1. The van der Waals surface area contributed by atoms with Crippen LogP contribution >= 0.6 is 0 Å². The van der Waals surface area contributed by atoms with Gasteiger partial charge in [-0.15, -0.1) is 0 Å². The van der Waals surface area contributed by atoms with Gasteiger partial charge < -0.3 is 14.8 Å². The first kappa shape index (κ1) is 21.8. The molecule has 0 aliphatic carbocycles. The van der Waals surface area contributed by atoms with E-state index in [2.05, 4.69) is 12.2 Å². The summed E-state index contributed by atoms with van der Waals surface area (Å²) < 4.78 is 10.9. The van der Waals surface area contributed by atoms with Crippen molar-refractivity contribution in [2.75, 3.05) is 18.6 Å². The molecule has 3 rings (SSSR count). The molecular weight excluding hydrogens is 380 g/mol. The molecule has 2 aromatic rings. The van der Waals surface area contributed by atoms with Gasteiger partial charge in [0.2, 0.25) is 5.91 Å². The van der Waals surface area contributed by atoms with Crippen LogP contribution < -0.4 is 19.7 Å². The van der Waals surface area contributed by atoms with E-state index < -0.39 is 6.04 Å². The number of benzene rings is 2. The van der Waals surface area contributed by atoms with E-state index in [0.29, 0.717) is 18.8 Å². The van der Waals surface area contributed by atoms with Gasteiger partial charge in [-0.1, -0.05) is 38.3 Å². The van der Waals surface area contributed by atoms with Crippen molar-refractivity contribution >= 4 is 17.5 Å². The highest BCUT2D eigenvalue weighted by Gasteiger charge is 2.39. The fourth-order valence-corrected chi connectivity index (χ4v) is 3.46. The third kappa shape index (κ3) is 5.60. The maximum absolute atomic E-state index is 12.8. The van der Waals surface area contributed by atoms with Crippen molar-refractivity contribution in [3.63, 3.8) is 0 Å². The zero-order chi connectivity index (χ0) is 21.3. The third-order valence-electron chi connectivity index (χ3n) is 5.22. The second-order valence-corrected chi connectivity index (χ2v) is 7.46. The Balaban J connectivity index is 1.53. The van der Waals surface area contributed by atoms with Gasteiger partial charge in [0.15, 0.2) is 0 Å². The first-order chi connectivity index (χ1) is 14.6. The first-order valence-electron chi connectivity index (χ1n) is 10.6. The number of amides is 2. The summed E-state index contributed by atoms with van der Waals surface area (Å²) >= 11 is 0. The van der Waals surface area contributed by atoms with Crippen LogP contribution in [0.15, 0.2) is 48.5 Å². The summed E-state index contributed by atoms with van der Waals surface area (Å²) in [4.78, 5) is 26.5. The van der Waals surface area contributed by atoms with Gasteiger partial charge in [-0.25, -0.2) is 4.90 Å². The van der Waals surface area contributed by atoms with Crippen LogP contribution in [0.5, 0.6) is 11.5 Å². The number of nitrogens with one attached hydrogen (secondary N) is 1. The summed E-state index contributed by atoms with van der Waals surface area (Å²) in [5, 5.41) is 3.19. The standard InChI is InChI=1S/C24H30N2O4/c1-3-4-5-6-15-30-21-13-9-19(10-14-21)26-23(27)16-22(24(26)28)25-17-18-7-11-20(29-2)12-8-18/h7-14,22,25H,3-6,15-17H2,1-2H3. The average molecular weight is 411 g/mol. The largest absolute Gasteiger partial charge is 0.497 e. The lowest BCUT2D eigenvalue weighted by molar-refractivity contribution is -0.121. The second-order valence-electron chi connectivity index (χ2n) is 7.46. The van der Waals surface area contributed by atoms with Crippen LogP contribution in [0, 0.1) is 0 Å². The number of hydrogen-bond acceptors (Lipinski definition) is 5. The minimum Gasteiger partial charge on any atom is -0.497 e. The molecular formula is C24H30N2O4. The Kier molecular flexibility index (Phi) is 7.85. The molecule has 0 saturated carbocycles. The van der Waals surface area contributed by atoms with E-state index in [1.165, 1.54) is 17.7 Å². The van der Waals surface area contributed by atoms with Crippen LogP contribution in [-0.2, 0) is 16.1 Å². The van der Waals surface area contributed by atoms with E-state index in [-0.39, 0.29) is 18.2 Å². The van der Waals surface area contributed by atoms with Gasteiger partial charge >= 0.3 is 0 Å². The SMILES string of the molecule is CCCCCCOc1ccc(N2C(=O)CC(NCc3ccc(OC)cc3)C2=O)cc1. The Morgan fingerprint density at radius 1 is 0.967 bits per heavy atom. The van der Waals surface area contributed by atoms with Gasteiger partial charge in [0.05, 0.1) is 31.9 Å². The maximum atomic E-state index is 12.8. The second kappa shape index (κ2) is 10.8. The molecule has 6 nitrogen and oxygen atoms in total. The molecule has 6 heteroatoms. The lowest BCUT2D eigenvalue weighted by Crippen LogP contribution is -2.38. The summed E-state index contributed by atoms with van der Waals surface area (Å²) in [5.41, 5.74) is 1.60. The summed E-state index contributed by atoms with van der Waals surface area (Å²) in [6.45, 7) is 3.37. The summed E-state index contributed by atoms with van der Waals surface area (Å²) in [6, 6.07) is 14.3. The molecule has 1 N–H and O–H groups in total. The van der Waals surface area contributed by atoms with Crippen LogP contribution in [0.4, 0.5) is 5.69 Å². The first-order valence-corrected chi connectivity index (χ1v) is 10.6. The van der Waals surface area contributed by atoms with Gasteiger partial charge in [0.25, 0.3) is 5.91 Å². The fraction of sp³-hybridized carbons (Fsp3) is 0.417. The Morgan fingerprint density at radius 3 is 2.33 bits per heavy atom. The molecule has 1 heterocycles. The summed E-state index contributed by atoms with van der Waals surface area (Å²) in [7, 11) is 1.62. The van der Waals surface area contributed by atoms with E-state index in [9.17, 15) is 9.59 Å². The molecule has 1 unspecified atom stereocenters. The Labute approximate surface area is 178 Å². The highest BCUT2D eigenvalue weighted by molar-refractivity contribution is 6.22. The van der Waals surface area contributed by atoms with Gasteiger partial charge in [-0.2, -0.15) is 0 Å². The van der Waals surface area contributed by atoms with Gasteiger partial charge in [0.1, 0.15) is 11.5 Å². The van der Waals surface area contributed by atoms with Crippen LogP contribution in [0.3, 0.4) is 0 Å². The number of methoxy groups -OCH3 is 1. The number of imide groups is 1. The number of anilines is 1. The fourth-order valence-electron chi connectivity index (χ4n) is 3.46. The molecule has 0 aromatic heterocycles. The quantitative estimate of drug-likeness (QED) is 0.447. The van der Waals surface area contributed by atoms with Crippen LogP contribution in [0.2, 0.25) is 0 Å². The molecule has 0 spiro atoms. The molecule has 1 aliphatic rings. The van der Waals surface area contributed by atoms with E-state index in [0.717, 1.165) is 29.9 Å². The van der Waals surface area contributed by atoms with E-state index in [1.807, 2.05) is 36.4 Å². The predicted molar refractivity (Wildman–Crippen MR) is 117 cm³/mol. The number of ether oxygens (including phenoxy) is 2. The molecule has 2 amide bonds. The van der Waals surface area contributed by atoms with Crippen molar-refractivity contribution in [2.45, 2.75) is 51.6 Å².